The maximum absolute atomic E-state index is 10.8. The Morgan fingerprint density at radius 3 is 2.52 bits per heavy atom. The lowest BCUT2D eigenvalue weighted by molar-refractivity contribution is 0.355. The second kappa shape index (κ2) is 7.97. The predicted octanol–water partition coefficient (Wildman–Crippen LogP) is 2.48. The van der Waals surface area contributed by atoms with Crippen LogP contribution in [0.5, 0.6) is 11.5 Å². The van der Waals surface area contributed by atoms with Crippen molar-refractivity contribution in [3.8, 4) is 11.5 Å². The summed E-state index contributed by atoms with van der Waals surface area (Å²) < 4.78 is 30.5. The Kier molecular flexibility index (Phi) is 5.70. The van der Waals surface area contributed by atoms with E-state index in [0.29, 0.717) is 23.2 Å². The first kappa shape index (κ1) is 17.9. The van der Waals surface area contributed by atoms with Gasteiger partial charge in [0, 0.05) is 30.3 Å². The Morgan fingerprint density at radius 2 is 1.88 bits per heavy atom. The number of nitrogens with zero attached hydrogens (tertiary/aromatic N) is 3. The van der Waals surface area contributed by atoms with Crippen LogP contribution in [0.2, 0.25) is 0 Å². The highest BCUT2D eigenvalue weighted by Crippen LogP contribution is 2.35. The Labute approximate surface area is 149 Å². The average Bonchev–Trinajstić information content (AvgIpc) is 2.65. The van der Waals surface area contributed by atoms with Crippen LogP contribution in [-0.2, 0) is 11.1 Å². The minimum Gasteiger partial charge on any atom is -0.493 e. The Bertz CT molecular complexity index is 763. The number of ether oxygens (including phenoxy) is 2. The Morgan fingerprint density at radius 1 is 1.20 bits per heavy atom. The summed E-state index contributed by atoms with van der Waals surface area (Å²) in [6.45, 7) is 1.76. The molecule has 1 unspecified atom stereocenters. The molecule has 1 saturated heterocycles. The van der Waals surface area contributed by atoms with Gasteiger partial charge in [-0.15, -0.1) is 0 Å². The van der Waals surface area contributed by atoms with E-state index in [1.54, 1.807) is 20.5 Å². The van der Waals surface area contributed by atoms with Gasteiger partial charge in [0.2, 0.25) is 0 Å². The van der Waals surface area contributed by atoms with E-state index < -0.39 is 11.1 Å². The fourth-order valence-electron chi connectivity index (χ4n) is 3.32. The van der Waals surface area contributed by atoms with Crippen molar-refractivity contribution in [1.29, 1.82) is 0 Å². The molecule has 1 aromatic heterocycles. The van der Waals surface area contributed by atoms with Crippen LogP contribution >= 0.6 is 0 Å². The van der Waals surface area contributed by atoms with E-state index in [-0.39, 0.29) is 0 Å². The highest BCUT2D eigenvalue weighted by molar-refractivity contribution is 7.79. The number of hydrogen-bond acceptors (Lipinski definition) is 6. The molecule has 1 atom stereocenters. The molecule has 1 aromatic carbocycles. The van der Waals surface area contributed by atoms with Gasteiger partial charge >= 0.3 is 0 Å². The third kappa shape index (κ3) is 4.01. The second-order valence-corrected chi connectivity index (χ2v) is 7.22. The molecule has 1 aliphatic heterocycles. The lowest BCUT2D eigenvalue weighted by Crippen LogP contribution is -2.34. The van der Waals surface area contributed by atoms with Crippen LogP contribution in [-0.4, -0.2) is 51.8 Å². The largest absolute Gasteiger partial charge is 0.493 e. The van der Waals surface area contributed by atoms with Crippen molar-refractivity contribution >= 4 is 27.8 Å². The van der Waals surface area contributed by atoms with Crippen LogP contribution < -0.4 is 14.4 Å². The maximum Gasteiger partial charge on any atom is 0.162 e. The molecule has 0 spiro atoms. The normalized spacial score (nSPS) is 16.8. The first-order valence-electron chi connectivity index (χ1n) is 8.31. The summed E-state index contributed by atoms with van der Waals surface area (Å²) in [5.41, 5.74) is 0.820. The van der Waals surface area contributed by atoms with E-state index in [0.717, 1.165) is 49.1 Å². The predicted molar refractivity (Wildman–Crippen MR) is 97.8 cm³/mol. The Balaban J connectivity index is 1.81. The molecule has 25 heavy (non-hydrogen) atoms. The fourth-order valence-corrected chi connectivity index (χ4v) is 3.86. The lowest BCUT2D eigenvalue weighted by Gasteiger charge is -2.33. The van der Waals surface area contributed by atoms with Gasteiger partial charge in [0.05, 0.1) is 19.7 Å². The van der Waals surface area contributed by atoms with Gasteiger partial charge in [0.15, 0.2) is 22.6 Å². The number of fused-ring (bicyclic) bond motifs is 1. The maximum atomic E-state index is 10.8. The molecule has 0 bridgehead atoms. The van der Waals surface area contributed by atoms with Gasteiger partial charge < -0.3 is 18.9 Å². The van der Waals surface area contributed by atoms with Crippen LogP contribution in [0, 0.1) is 5.92 Å². The van der Waals surface area contributed by atoms with Crippen molar-refractivity contribution in [2.45, 2.75) is 19.3 Å². The molecular formula is C17H23N3O4S. The van der Waals surface area contributed by atoms with Gasteiger partial charge in [-0.2, -0.15) is 0 Å². The summed E-state index contributed by atoms with van der Waals surface area (Å²) in [5, 5.41) is 0.940. The SMILES string of the molecule is COc1cc2ncnc(N3CCC(CCS(=O)O)CC3)c2cc1OC. The van der Waals surface area contributed by atoms with Crippen molar-refractivity contribution in [1.82, 2.24) is 9.97 Å². The van der Waals surface area contributed by atoms with E-state index >= 15 is 0 Å². The smallest absolute Gasteiger partial charge is 0.162 e. The molecule has 0 aliphatic carbocycles. The summed E-state index contributed by atoms with van der Waals surface area (Å²) in [4.78, 5) is 11.1. The first-order valence-corrected chi connectivity index (χ1v) is 9.59. The fraction of sp³-hybridized carbons (Fsp3) is 0.529. The number of rotatable bonds is 6. The van der Waals surface area contributed by atoms with Crippen molar-refractivity contribution in [3.63, 3.8) is 0 Å². The highest BCUT2D eigenvalue weighted by atomic mass is 32.2. The third-order valence-electron chi connectivity index (χ3n) is 4.73. The number of benzene rings is 1. The van der Waals surface area contributed by atoms with Crippen molar-refractivity contribution < 1.29 is 18.2 Å². The molecule has 8 heteroatoms. The first-order chi connectivity index (χ1) is 12.1. The Hall–Kier alpha value is -1.93. The quantitative estimate of drug-likeness (QED) is 0.787. The third-order valence-corrected chi connectivity index (χ3v) is 5.32. The van der Waals surface area contributed by atoms with Gasteiger partial charge in [-0.05, 0) is 31.2 Å². The van der Waals surface area contributed by atoms with Crippen LogP contribution in [0.3, 0.4) is 0 Å². The molecular weight excluding hydrogens is 342 g/mol. The van der Waals surface area contributed by atoms with Crippen LogP contribution in [0.4, 0.5) is 5.82 Å². The number of methoxy groups -OCH3 is 2. The molecule has 0 saturated carbocycles. The van der Waals surface area contributed by atoms with Crippen LogP contribution in [0.25, 0.3) is 10.9 Å². The summed E-state index contributed by atoms with van der Waals surface area (Å²) >= 11 is -1.70. The minimum atomic E-state index is -1.70. The topological polar surface area (TPSA) is 84.8 Å². The second-order valence-electron chi connectivity index (χ2n) is 6.17. The van der Waals surface area contributed by atoms with E-state index in [2.05, 4.69) is 14.9 Å². The van der Waals surface area contributed by atoms with Gasteiger partial charge in [-0.3, -0.25) is 0 Å². The van der Waals surface area contributed by atoms with E-state index in [4.69, 9.17) is 14.0 Å². The summed E-state index contributed by atoms with van der Waals surface area (Å²) in [7, 11) is 3.22. The monoisotopic (exact) mass is 365 g/mol. The van der Waals surface area contributed by atoms with Gasteiger partial charge in [0.1, 0.15) is 12.1 Å². The van der Waals surface area contributed by atoms with Gasteiger partial charge in [0.25, 0.3) is 0 Å². The zero-order valence-electron chi connectivity index (χ0n) is 14.5. The highest BCUT2D eigenvalue weighted by Gasteiger charge is 2.22. The average molecular weight is 365 g/mol. The molecule has 1 fully saturated rings. The lowest BCUT2D eigenvalue weighted by atomic mass is 9.94. The molecule has 0 amide bonds. The molecule has 3 rings (SSSR count). The van der Waals surface area contributed by atoms with Crippen molar-refractivity contribution in [2.75, 3.05) is 38.0 Å². The van der Waals surface area contributed by atoms with Crippen LogP contribution in [0.15, 0.2) is 18.5 Å². The van der Waals surface area contributed by atoms with Crippen LogP contribution in [0.1, 0.15) is 19.3 Å². The summed E-state index contributed by atoms with van der Waals surface area (Å²) in [6, 6.07) is 3.78. The summed E-state index contributed by atoms with van der Waals surface area (Å²) in [5.74, 6) is 3.06. The molecule has 0 radical (unpaired) electrons. The number of anilines is 1. The van der Waals surface area contributed by atoms with Gasteiger partial charge in [-0.25, -0.2) is 14.2 Å². The van der Waals surface area contributed by atoms with Gasteiger partial charge in [-0.1, -0.05) is 0 Å². The zero-order valence-corrected chi connectivity index (χ0v) is 15.3. The molecule has 136 valence electrons. The van der Waals surface area contributed by atoms with Crippen molar-refractivity contribution in [2.24, 2.45) is 5.92 Å². The molecule has 2 aromatic rings. The molecule has 7 nitrogen and oxygen atoms in total. The minimum absolute atomic E-state index is 0.359. The molecule has 2 heterocycles. The number of piperidine rings is 1. The molecule has 1 aliphatic rings. The molecule has 1 N–H and O–H groups in total. The zero-order chi connectivity index (χ0) is 17.8. The number of aromatic nitrogens is 2. The number of hydrogen-bond donors (Lipinski definition) is 1. The van der Waals surface area contributed by atoms with E-state index in [1.807, 2.05) is 12.1 Å². The summed E-state index contributed by atoms with van der Waals surface area (Å²) in [6.07, 6.45) is 4.36. The standard InChI is InChI=1S/C17H23N3O4S/c1-23-15-9-13-14(10-16(15)24-2)18-11-19-17(13)20-6-3-12(4-7-20)5-8-25(21)22/h9-12H,3-8H2,1-2H3,(H,21,22). The van der Waals surface area contributed by atoms with E-state index in [1.165, 1.54) is 0 Å². The van der Waals surface area contributed by atoms with E-state index in [9.17, 15) is 4.21 Å². The van der Waals surface area contributed by atoms with Crippen molar-refractivity contribution in [3.05, 3.63) is 18.5 Å².